The zero-order valence-electron chi connectivity index (χ0n) is 10.9. The zero-order valence-corrected chi connectivity index (χ0v) is 12.5. The van der Waals surface area contributed by atoms with Crippen LogP contribution in [0.1, 0.15) is 5.56 Å². The highest BCUT2D eigenvalue weighted by Gasteiger charge is 2.36. The molecule has 21 heavy (non-hydrogen) atoms. The minimum absolute atomic E-state index is 0.140. The van der Waals surface area contributed by atoms with Gasteiger partial charge in [-0.2, -0.15) is 0 Å². The van der Waals surface area contributed by atoms with Gasteiger partial charge in [-0.15, -0.1) is 11.8 Å². The van der Waals surface area contributed by atoms with E-state index in [0.717, 1.165) is 5.56 Å². The fraction of sp³-hybridized carbons (Fsp3) is 0.286. The first-order valence-corrected chi connectivity index (χ1v) is 7.84. The quantitative estimate of drug-likeness (QED) is 0.902. The van der Waals surface area contributed by atoms with Gasteiger partial charge in [-0.05, 0) is 24.3 Å². The van der Waals surface area contributed by atoms with Crippen molar-refractivity contribution in [3.8, 4) is 5.75 Å². The number of rotatable bonds is 2. The minimum atomic E-state index is -0.978. The van der Waals surface area contributed by atoms with Gasteiger partial charge in [-0.25, -0.2) is 4.79 Å². The third-order valence-electron chi connectivity index (χ3n) is 3.39. The van der Waals surface area contributed by atoms with E-state index in [2.05, 4.69) is 0 Å². The van der Waals surface area contributed by atoms with Gasteiger partial charge in [0.2, 0.25) is 0 Å². The molecule has 1 saturated heterocycles. The first kappa shape index (κ1) is 14.3. The van der Waals surface area contributed by atoms with Gasteiger partial charge in [0.05, 0.1) is 11.4 Å². The molecule has 1 fully saturated rings. The molecule has 3 rings (SSSR count). The van der Waals surface area contributed by atoms with Crippen molar-refractivity contribution in [1.29, 1.82) is 0 Å². The molecule has 0 spiro atoms. The van der Waals surface area contributed by atoms with E-state index in [-0.39, 0.29) is 12.5 Å². The smallest absolute Gasteiger partial charge is 0.327 e. The number of ether oxygens (including phenoxy) is 1. The number of amides is 1. The summed E-state index contributed by atoms with van der Waals surface area (Å²) in [6.07, 6.45) is 1.72. The Kier molecular flexibility index (Phi) is 3.82. The summed E-state index contributed by atoms with van der Waals surface area (Å²) in [6, 6.07) is 4.42. The van der Waals surface area contributed by atoms with Crippen LogP contribution in [0, 0.1) is 0 Å². The second-order valence-electron chi connectivity index (χ2n) is 4.77. The molecule has 0 radical (unpaired) electrons. The number of aliphatic carboxylic acids is 1. The first-order valence-electron chi connectivity index (χ1n) is 6.30. The molecule has 0 aromatic heterocycles. The largest absolute Gasteiger partial charge is 0.488 e. The number of fused-ring (bicyclic) bond motifs is 1. The van der Waals surface area contributed by atoms with Gasteiger partial charge in [0, 0.05) is 16.3 Å². The lowest BCUT2D eigenvalue weighted by Gasteiger charge is -2.24. The maximum absolute atomic E-state index is 12.5. The maximum Gasteiger partial charge on any atom is 0.327 e. The van der Waals surface area contributed by atoms with E-state index in [1.807, 2.05) is 0 Å². The van der Waals surface area contributed by atoms with E-state index in [1.165, 1.54) is 16.7 Å². The number of carbonyl (C=O) groups is 2. The van der Waals surface area contributed by atoms with E-state index >= 15 is 0 Å². The van der Waals surface area contributed by atoms with Gasteiger partial charge in [-0.3, -0.25) is 4.79 Å². The third-order valence-corrected chi connectivity index (χ3v) is 4.63. The van der Waals surface area contributed by atoms with Crippen LogP contribution >= 0.6 is 23.4 Å². The van der Waals surface area contributed by atoms with E-state index in [9.17, 15) is 9.59 Å². The molecule has 1 amide bonds. The topological polar surface area (TPSA) is 66.8 Å². The van der Waals surface area contributed by atoms with Crippen molar-refractivity contribution in [1.82, 2.24) is 4.90 Å². The monoisotopic (exact) mass is 325 g/mol. The van der Waals surface area contributed by atoms with Crippen LogP contribution < -0.4 is 4.74 Å². The lowest BCUT2D eigenvalue weighted by molar-refractivity contribution is -0.146. The lowest BCUT2D eigenvalue weighted by Crippen LogP contribution is -2.43. The summed E-state index contributed by atoms with van der Waals surface area (Å²) < 4.78 is 5.54. The fourth-order valence-corrected chi connectivity index (χ4v) is 3.63. The number of hydrogen-bond acceptors (Lipinski definition) is 4. The zero-order chi connectivity index (χ0) is 15.0. The van der Waals surface area contributed by atoms with Gasteiger partial charge in [0.25, 0.3) is 5.91 Å². The predicted octanol–water partition coefficient (Wildman–Crippen LogP) is 2.10. The van der Waals surface area contributed by atoms with Crippen molar-refractivity contribution < 1.29 is 19.4 Å². The molecule has 110 valence electrons. The van der Waals surface area contributed by atoms with Crippen LogP contribution in [-0.4, -0.2) is 46.2 Å². The van der Waals surface area contributed by atoms with Crippen LogP contribution in [-0.2, 0) is 9.59 Å². The summed E-state index contributed by atoms with van der Waals surface area (Å²) in [5.74, 6) is 0.196. The standard InChI is InChI=1S/C14H12ClNO4S/c15-10-1-2-12-8(4-10)3-9(5-20-12)13(17)16-7-21-6-11(16)14(18)19/h1-4,11H,5-7H2,(H,18,19). The molecule has 2 aliphatic rings. The van der Waals surface area contributed by atoms with E-state index in [4.69, 9.17) is 21.4 Å². The number of nitrogens with zero attached hydrogens (tertiary/aromatic N) is 1. The number of thioether (sulfide) groups is 1. The van der Waals surface area contributed by atoms with Crippen molar-refractivity contribution in [2.24, 2.45) is 0 Å². The summed E-state index contributed by atoms with van der Waals surface area (Å²) >= 11 is 7.37. The fourth-order valence-electron chi connectivity index (χ4n) is 2.30. The first-order chi connectivity index (χ1) is 10.1. The summed E-state index contributed by atoms with van der Waals surface area (Å²) in [7, 11) is 0. The Bertz CT molecular complexity index is 646. The molecule has 0 aliphatic carbocycles. The number of carbonyl (C=O) groups excluding carboxylic acids is 1. The van der Waals surface area contributed by atoms with Crippen LogP contribution in [0.4, 0.5) is 0 Å². The Labute approximate surface area is 130 Å². The van der Waals surface area contributed by atoms with Gasteiger partial charge in [0.1, 0.15) is 18.4 Å². The van der Waals surface area contributed by atoms with E-state index < -0.39 is 12.0 Å². The van der Waals surface area contributed by atoms with E-state index in [1.54, 1.807) is 24.3 Å². The Balaban J connectivity index is 1.87. The van der Waals surface area contributed by atoms with Crippen molar-refractivity contribution >= 4 is 41.3 Å². The summed E-state index contributed by atoms with van der Waals surface area (Å²) in [5, 5.41) is 9.71. The molecule has 0 saturated carbocycles. The Morgan fingerprint density at radius 2 is 2.24 bits per heavy atom. The van der Waals surface area contributed by atoms with Crippen molar-refractivity contribution in [3.63, 3.8) is 0 Å². The highest BCUT2D eigenvalue weighted by Crippen LogP contribution is 2.31. The average molecular weight is 326 g/mol. The van der Waals surface area contributed by atoms with Crippen LogP contribution in [0.3, 0.4) is 0 Å². The molecule has 0 bridgehead atoms. The Morgan fingerprint density at radius 3 is 3.00 bits per heavy atom. The molecule has 1 N–H and O–H groups in total. The molecule has 1 aromatic carbocycles. The predicted molar refractivity (Wildman–Crippen MR) is 80.5 cm³/mol. The number of hydrogen-bond donors (Lipinski definition) is 1. The summed E-state index contributed by atoms with van der Waals surface area (Å²) in [5.41, 5.74) is 1.18. The van der Waals surface area contributed by atoms with Crippen LogP contribution in [0.2, 0.25) is 5.02 Å². The highest BCUT2D eigenvalue weighted by atomic mass is 35.5. The van der Waals surface area contributed by atoms with Crippen molar-refractivity contribution in [2.75, 3.05) is 18.2 Å². The van der Waals surface area contributed by atoms with Gasteiger partial charge in [0.15, 0.2) is 0 Å². The molecule has 1 aromatic rings. The average Bonchev–Trinajstić information content (AvgIpc) is 2.95. The van der Waals surface area contributed by atoms with Crippen molar-refractivity contribution in [2.45, 2.75) is 6.04 Å². The lowest BCUT2D eigenvalue weighted by atomic mass is 10.1. The normalized spacial score (nSPS) is 20.5. The summed E-state index contributed by atoms with van der Waals surface area (Å²) in [4.78, 5) is 25.0. The number of carboxylic acids is 1. The SMILES string of the molecule is O=C(O)C1CSCN1C(=O)C1=Cc2cc(Cl)ccc2OC1. The second kappa shape index (κ2) is 5.61. The number of halogens is 1. The molecular weight excluding hydrogens is 314 g/mol. The third kappa shape index (κ3) is 2.73. The number of benzene rings is 1. The Hall–Kier alpha value is -1.66. The molecule has 1 atom stereocenters. The molecule has 5 nitrogen and oxygen atoms in total. The molecule has 2 aliphatic heterocycles. The molecule has 1 unspecified atom stereocenters. The van der Waals surface area contributed by atoms with Gasteiger partial charge >= 0.3 is 5.97 Å². The van der Waals surface area contributed by atoms with Crippen LogP contribution in [0.5, 0.6) is 5.75 Å². The van der Waals surface area contributed by atoms with E-state index in [0.29, 0.717) is 28.0 Å². The number of carboxylic acid groups (broad SMARTS) is 1. The molecule has 2 heterocycles. The maximum atomic E-state index is 12.5. The molecular formula is C14H12ClNO4S. The second-order valence-corrected chi connectivity index (χ2v) is 6.21. The van der Waals surface area contributed by atoms with Gasteiger partial charge in [-0.1, -0.05) is 11.6 Å². The Morgan fingerprint density at radius 1 is 1.43 bits per heavy atom. The minimum Gasteiger partial charge on any atom is -0.488 e. The van der Waals surface area contributed by atoms with Crippen molar-refractivity contribution in [3.05, 3.63) is 34.4 Å². The summed E-state index contributed by atoms with van der Waals surface area (Å²) in [6.45, 7) is 0.140. The van der Waals surface area contributed by atoms with Crippen LogP contribution in [0.15, 0.2) is 23.8 Å². The molecule has 7 heteroatoms. The van der Waals surface area contributed by atoms with Crippen LogP contribution in [0.25, 0.3) is 6.08 Å². The van der Waals surface area contributed by atoms with Gasteiger partial charge < -0.3 is 14.7 Å². The highest BCUT2D eigenvalue weighted by molar-refractivity contribution is 7.99.